The molecule has 3 aromatic carbocycles. The van der Waals surface area contributed by atoms with Crippen LogP contribution < -0.4 is 4.74 Å². The van der Waals surface area contributed by atoms with Gasteiger partial charge in [-0.2, -0.15) is 0 Å². The highest BCUT2D eigenvalue weighted by Crippen LogP contribution is 2.27. The largest absolute Gasteiger partial charge is 0.489 e. The zero-order valence-corrected chi connectivity index (χ0v) is 12.5. The fourth-order valence-electron chi connectivity index (χ4n) is 2.33. The van der Waals surface area contributed by atoms with Crippen LogP contribution in [-0.4, -0.2) is 0 Å². The molecule has 0 amide bonds. The summed E-state index contributed by atoms with van der Waals surface area (Å²) < 4.78 is 19.9. The van der Waals surface area contributed by atoms with Crippen LogP contribution in [0, 0.1) is 18.2 Å². The van der Waals surface area contributed by atoms with Crippen LogP contribution in [0.3, 0.4) is 0 Å². The fourth-order valence-corrected chi connectivity index (χ4v) is 2.33. The van der Waals surface area contributed by atoms with Crippen LogP contribution in [-0.2, 0) is 6.61 Å². The Morgan fingerprint density at radius 1 is 0.913 bits per heavy atom. The standard InChI is InChI=1S/C21H15FO/c1-2-16-11-12-21(22)20(13-16)18-9-6-10-19(14-18)23-15-17-7-4-3-5-8-17/h1,3-14H,15H2. The molecular weight excluding hydrogens is 287 g/mol. The molecule has 0 aliphatic rings. The number of hydrogen-bond donors (Lipinski definition) is 0. The molecule has 112 valence electrons. The summed E-state index contributed by atoms with van der Waals surface area (Å²) in [5, 5.41) is 0. The maximum Gasteiger partial charge on any atom is 0.131 e. The molecule has 0 aliphatic carbocycles. The Labute approximate surface area is 135 Å². The van der Waals surface area contributed by atoms with Crippen molar-refractivity contribution >= 4 is 0 Å². The zero-order chi connectivity index (χ0) is 16.1. The molecule has 0 N–H and O–H groups in total. The first kappa shape index (κ1) is 14.9. The van der Waals surface area contributed by atoms with Crippen molar-refractivity contribution in [3.63, 3.8) is 0 Å². The Morgan fingerprint density at radius 3 is 2.52 bits per heavy atom. The molecule has 0 atom stereocenters. The third kappa shape index (κ3) is 3.59. The quantitative estimate of drug-likeness (QED) is 0.613. The first-order valence-corrected chi connectivity index (χ1v) is 7.29. The Balaban J connectivity index is 1.84. The molecule has 23 heavy (non-hydrogen) atoms. The average molecular weight is 302 g/mol. The lowest BCUT2D eigenvalue weighted by atomic mass is 10.0. The summed E-state index contributed by atoms with van der Waals surface area (Å²) in [6.45, 7) is 0.469. The van der Waals surface area contributed by atoms with Gasteiger partial charge in [0.1, 0.15) is 18.2 Å². The van der Waals surface area contributed by atoms with E-state index >= 15 is 0 Å². The van der Waals surface area contributed by atoms with Crippen LogP contribution in [0.25, 0.3) is 11.1 Å². The highest BCUT2D eigenvalue weighted by atomic mass is 19.1. The van der Waals surface area contributed by atoms with E-state index in [1.54, 1.807) is 12.1 Å². The molecule has 2 heteroatoms. The maximum absolute atomic E-state index is 14.1. The highest BCUT2D eigenvalue weighted by molar-refractivity contribution is 5.67. The third-order valence-electron chi connectivity index (χ3n) is 3.53. The summed E-state index contributed by atoms with van der Waals surface area (Å²) in [4.78, 5) is 0. The first-order valence-electron chi connectivity index (χ1n) is 7.29. The maximum atomic E-state index is 14.1. The predicted molar refractivity (Wildman–Crippen MR) is 90.5 cm³/mol. The molecule has 0 heterocycles. The monoisotopic (exact) mass is 302 g/mol. The van der Waals surface area contributed by atoms with Crippen LogP contribution in [0.1, 0.15) is 11.1 Å². The van der Waals surface area contributed by atoms with Gasteiger partial charge in [0.2, 0.25) is 0 Å². The topological polar surface area (TPSA) is 9.23 Å². The molecular formula is C21H15FO. The minimum Gasteiger partial charge on any atom is -0.489 e. The van der Waals surface area contributed by atoms with Crippen LogP contribution >= 0.6 is 0 Å². The SMILES string of the molecule is C#Cc1ccc(F)c(-c2cccc(OCc3ccccc3)c2)c1. The second-order valence-electron chi connectivity index (χ2n) is 5.14. The summed E-state index contributed by atoms with van der Waals surface area (Å²) in [6.07, 6.45) is 5.39. The lowest BCUT2D eigenvalue weighted by Gasteiger charge is -2.09. The van der Waals surface area contributed by atoms with Crippen molar-refractivity contribution < 1.29 is 9.13 Å². The number of halogens is 1. The van der Waals surface area contributed by atoms with E-state index < -0.39 is 0 Å². The van der Waals surface area contributed by atoms with Crippen molar-refractivity contribution in [2.75, 3.05) is 0 Å². The van der Waals surface area contributed by atoms with Gasteiger partial charge in [0.15, 0.2) is 0 Å². The molecule has 3 aromatic rings. The van der Waals surface area contributed by atoms with E-state index in [1.807, 2.05) is 54.6 Å². The van der Waals surface area contributed by atoms with E-state index in [0.29, 0.717) is 23.5 Å². The predicted octanol–water partition coefficient (Wildman–Crippen LogP) is 5.05. The molecule has 0 spiro atoms. The van der Waals surface area contributed by atoms with Gasteiger partial charge in [-0.25, -0.2) is 4.39 Å². The smallest absolute Gasteiger partial charge is 0.131 e. The summed E-state index contributed by atoms with van der Waals surface area (Å²) in [7, 11) is 0. The molecule has 0 unspecified atom stereocenters. The minimum absolute atomic E-state index is 0.302. The Kier molecular flexibility index (Phi) is 4.40. The summed E-state index contributed by atoms with van der Waals surface area (Å²) in [5.74, 6) is 2.92. The number of ether oxygens (including phenoxy) is 1. The molecule has 0 bridgehead atoms. The molecule has 0 aromatic heterocycles. The minimum atomic E-state index is -0.302. The number of hydrogen-bond acceptors (Lipinski definition) is 1. The van der Waals surface area contributed by atoms with Crippen molar-refractivity contribution in [2.24, 2.45) is 0 Å². The van der Waals surface area contributed by atoms with Crippen molar-refractivity contribution in [1.29, 1.82) is 0 Å². The van der Waals surface area contributed by atoms with Crippen molar-refractivity contribution in [2.45, 2.75) is 6.61 Å². The van der Waals surface area contributed by atoms with Crippen molar-refractivity contribution in [3.8, 4) is 29.2 Å². The van der Waals surface area contributed by atoms with Gasteiger partial charge in [-0.3, -0.25) is 0 Å². The van der Waals surface area contributed by atoms with Crippen LogP contribution in [0.2, 0.25) is 0 Å². The summed E-state index contributed by atoms with van der Waals surface area (Å²) >= 11 is 0. The summed E-state index contributed by atoms with van der Waals surface area (Å²) in [5.41, 5.74) is 2.95. The average Bonchev–Trinajstić information content (AvgIpc) is 2.61. The van der Waals surface area contributed by atoms with Gasteiger partial charge in [-0.1, -0.05) is 48.4 Å². The molecule has 1 nitrogen and oxygen atoms in total. The highest BCUT2D eigenvalue weighted by Gasteiger charge is 2.07. The van der Waals surface area contributed by atoms with Crippen LogP contribution in [0.15, 0.2) is 72.8 Å². The van der Waals surface area contributed by atoms with Gasteiger partial charge in [0.25, 0.3) is 0 Å². The van der Waals surface area contributed by atoms with E-state index in [9.17, 15) is 4.39 Å². The van der Waals surface area contributed by atoms with Gasteiger partial charge in [-0.15, -0.1) is 6.42 Å². The Bertz CT molecular complexity index is 847. The first-order chi connectivity index (χ1) is 11.3. The fraction of sp³-hybridized carbons (Fsp3) is 0.0476. The second-order valence-corrected chi connectivity index (χ2v) is 5.14. The van der Waals surface area contributed by atoms with Gasteiger partial charge in [0.05, 0.1) is 0 Å². The lowest BCUT2D eigenvalue weighted by Crippen LogP contribution is -1.95. The molecule has 0 fully saturated rings. The molecule has 3 rings (SSSR count). The van der Waals surface area contributed by atoms with E-state index in [0.717, 1.165) is 11.1 Å². The number of rotatable bonds is 4. The van der Waals surface area contributed by atoms with E-state index in [4.69, 9.17) is 11.2 Å². The van der Waals surface area contributed by atoms with Gasteiger partial charge < -0.3 is 4.74 Å². The Morgan fingerprint density at radius 2 is 1.74 bits per heavy atom. The number of terminal acetylenes is 1. The van der Waals surface area contributed by atoms with Gasteiger partial charge in [0, 0.05) is 11.1 Å². The molecule has 0 radical (unpaired) electrons. The van der Waals surface area contributed by atoms with Gasteiger partial charge >= 0.3 is 0 Å². The third-order valence-corrected chi connectivity index (χ3v) is 3.53. The van der Waals surface area contributed by atoms with E-state index in [1.165, 1.54) is 6.07 Å². The van der Waals surface area contributed by atoms with Crippen LogP contribution in [0.4, 0.5) is 4.39 Å². The van der Waals surface area contributed by atoms with Gasteiger partial charge in [-0.05, 0) is 41.5 Å². The summed E-state index contributed by atoms with van der Waals surface area (Å²) in [6, 6.07) is 21.9. The van der Waals surface area contributed by atoms with E-state index in [-0.39, 0.29) is 5.82 Å². The normalized spacial score (nSPS) is 10.1. The van der Waals surface area contributed by atoms with E-state index in [2.05, 4.69) is 5.92 Å². The van der Waals surface area contributed by atoms with Crippen molar-refractivity contribution in [3.05, 3.63) is 89.7 Å². The Hall–Kier alpha value is -3.05. The van der Waals surface area contributed by atoms with Crippen LogP contribution in [0.5, 0.6) is 5.75 Å². The molecule has 0 aliphatic heterocycles. The molecule has 0 saturated carbocycles. The molecule has 0 saturated heterocycles. The second kappa shape index (κ2) is 6.81. The zero-order valence-electron chi connectivity index (χ0n) is 12.5. The number of benzene rings is 3. The lowest BCUT2D eigenvalue weighted by molar-refractivity contribution is 0.306. The van der Waals surface area contributed by atoms with Crippen molar-refractivity contribution in [1.82, 2.24) is 0 Å².